The van der Waals surface area contributed by atoms with Gasteiger partial charge in [-0.3, -0.25) is 0 Å². The minimum absolute atomic E-state index is 0.692. The predicted molar refractivity (Wildman–Crippen MR) is 536 cm³/mol. The van der Waals surface area contributed by atoms with Gasteiger partial charge in [-0.25, -0.2) is 0 Å². The molecule has 7 heteroatoms. The normalized spacial score (nSPS) is 14.4. The fraction of sp³-hybridized carbons (Fsp3) is 0.0161. The van der Waals surface area contributed by atoms with Crippen molar-refractivity contribution in [3.63, 3.8) is 0 Å². The Labute approximate surface area is 759 Å². The first-order valence-corrected chi connectivity index (χ1v) is 44.7. The molecule has 2 aliphatic carbocycles. The number of anilines is 6. The topological polar surface area (TPSA) is 48.3 Å². The maximum atomic E-state index is 6.84. The lowest BCUT2D eigenvalue weighted by Gasteiger charge is -2.35. The average molecular weight is 1680 g/mol. The van der Waals surface area contributed by atoms with Crippen LogP contribution >= 0.6 is 0 Å². The van der Waals surface area contributed by atoms with Crippen LogP contribution in [0.4, 0.5) is 34.1 Å². The number of fused-ring (bicyclic) bond motifs is 17. The SMILES string of the molecule is c1ccc(-c2ccc(N(c3ccc(C4(c5ccc(-c6cccc7ccccc67)cc5)c5ccccc5-c5c4ccc4c5Oc5ccccc5O4)cc3)c3ccc4ccccc4c3)cc2)cc1.c1ccc(-c2ccc(N(c3ccccc3)c3ccc(C4(c5ccc(-n6c7ccccc7c7ccccc76)cc5)c5ccccc5-c5c4ccc4c5Oc5ccccc5O4)cc3)cc2)cc1. The van der Waals surface area contributed by atoms with Crippen molar-refractivity contribution in [3.05, 3.63) is 536 Å². The van der Waals surface area contributed by atoms with Gasteiger partial charge in [0.25, 0.3) is 0 Å². The molecule has 2 unspecified atom stereocenters. The summed E-state index contributed by atoms with van der Waals surface area (Å²) in [7, 11) is 0. The van der Waals surface area contributed by atoms with Crippen molar-refractivity contribution in [2.75, 3.05) is 9.80 Å². The minimum Gasteiger partial charge on any atom is -0.449 e. The fourth-order valence-corrected chi connectivity index (χ4v) is 21.1. The number of nitrogens with zero attached hydrogens (tertiary/aromatic N) is 3. The lowest BCUT2D eigenvalue weighted by molar-refractivity contribution is 0.360. The van der Waals surface area contributed by atoms with Gasteiger partial charge in [0.2, 0.25) is 0 Å². The molecule has 0 saturated heterocycles. The first-order chi connectivity index (χ1) is 64.9. The van der Waals surface area contributed by atoms with Crippen molar-refractivity contribution in [2.45, 2.75) is 10.8 Å². The zero-order valence-electron chi connectivity index (χ0n) is 71.2. The molecule has 1 aromatic heterocycles. The molecule has 4 aliphatic rings. The number of ether oxygens (including phenoxy) is 4. The minimum atomic E-state index is -0.700. The molecule has 0 bridgehead atoms. The van der Waals surface area contributed by atoms with Crippen LogP contribution in [-0.2, 0) is 10.8 Å². The van der Waals surface area contributed by atoms with Gasteiger partial charge in [-0.05, 0) is 244 Å². The van der Waals surface area contributed by atoms with Gasteiger partial charge in [-0.15, -0.1) is 0 Å². The first kappa shape index (κ1) is 76.2. The number of aromatic nitrogens is 1. The van der Waals surface area contributed by atoms with E-state index in [1.54, 1.807) is 0 Å². The summed E-state index contributed by atoms with van der Waals surface area (Å²) in [6.07, 6.45) is 0. The zero-order chi connectivity index (χ0) is 86.5. The average Bonchev–Trinajstić information content (AvgIpc) is 1.53. The van der Waals surface area contributed by atoms with E-state index in [-0.39, 0.29) is 0 Å². The zero-order valence-corrected chi connectivity index (χ0v) is 71.2. The van der Waals surface area contributed by atoms with Crippen molar-refractivity contribution in [1.82, 2.24) is 4.57 Å². The van der Waals surface area contributed by atoms with Crippen molar-refractivity contribution >= 4 is 77.5 Å². The van der Waals surface area contributed by atoms with E-state index in [4.69, 9.17) is 18.9 Å². The molecule has 7 nitrogen and oxygen atoms in total. The quantitative estimate of drug-likeness (QED) is 0.108. The fourth-order valence-electron chi connectivity index (χ4n) is 21.1. The van der Waals surface area contributed by atoms with Crippen LogP contribution in [0.5, 0.6) is 46.0 Å². The van der Waals surface area contributed by atoms with E-state index in [0.29, 0.717) is 34.5 Å². The van der Waals surface area contributed by atoms with Crippen molar-refractivity contribution in [3.8, 4) is 107 Å². The Hall–Kier alpha value is -17.3. The van der Waals surface area contributed by atoms with Crippen LogP contribution in [0.25, 0.3) is 105 Å². The summed E-state index contributed by atoms with van der Waals surface area (Å²) in [6.45, 7) is 0. The molecule has 21 aromatic carbocycles. The van der Waals surface area contributed by atoms with Crippen molar-refractivity contribution in [1.29, 1.82) is 0 Å². The lowest BCUT2D eigenvalue weighted by atomic mass is 9.67. The van der Waals surface area contributed by atoms with Crippen LogP contribution in [0.3, 0.4) is 0 Å². The van der Waals surface area contributed by atoms with E-state index in [9.17, 15) is 0 Å². The third-order valence-corrected chi connectivity index (χ3v) is 27.0. The van der Waals surface area contributed by atoms with E-state index in [1.807, 2.05) is 48.5 Å². The molecule has 616 valence electrons. The van der Waals surface area contributed by atoms with E-state index in [2.05, 4.69) is 457 Å². The molecule has 26 rings (SSSR count). The second-order valence-corrected chi connectivity index (χ2v) is 34.0. The van der Waals surface area contributed by atoms with E-state index in [1.165, 1.54) is 93.4 Å². The molecule has 131 heavy (non-hydrogen) atoms. The molecule has 0 amide bonds. The Morgan fingerprint density at radius 3 is 1.02 bits per heavy atom. The summed E-state index contributed by atoms with van der Waals surface area (Å²) in [5.41, 5.74) is 29.4. The number of para-hydroxylation sites is 7. The summed E-state index contributed by atoms with van der Waals surface area (Å²) < 4.78 is 29.2. The summed E-state index contributed by atoms with van der Waals surface area (Å²) in [6, 6.07) is 176. The van der Waals surface area contributed by atoms with Crippen LogP contribution in [-0.4, -0.2) is 4.57 Å². The third-order valence-electron chi connectivity index (χ3n) is 27.0. The van der Waals surface area contributed by atoms with Gasteiger partial charge in [0.05, 0.1) is 21.9 Å². The number of benzene rings is 21. The molecule has 22 aromatic rings. The molecular formula is C124H81N3O4. The largest absolute Gasteiger partial charge is 0.449 e. The Morgan fingerprint density at radius 2 is 0.527 bits per heavy atom. The van der Waals surface area contributed by atoms with E-state index < -0.39 is 10.8 Å². The lowest BCUT2D eigenvalue weighted by Crippen LogP contribution is -2.28. The highest BCUT2D eigenvalue weighted by Crippen LogP contribution is 2.65. The smallest absolute Gasteiger partial charge is 0.178 e. The third kappa shape index (κ3) is 12.6. The Kier molecular flexibility index (Phi) is 18.3. The van der Waals surface area contributed by atoms with Crippen LogP contribution in [0.2, 0.25) is 0 Å². The molecule has 2 atom stereocenters. The highest BCUT2D eigenvalue weighted by atomic mass is 16.6. The first-order valence-electron chi connectivity index (χ1n) is 44.7. The molecule has 0 radical (unpaired) electrons. The van der Waals surface area contributed by atoms with Gasteiger partial charge in [0.1, 0.15) is 0 Å². The number of hydrogen-bond acceptors (Lipinski definition) is 6. The van der Waals surface area contributed by atoms with Gasteiger partial charge in [-0.2, -0.15) is 0 Å². The summed E-state index contributed by atoms with van der Waals surface area (Å²) in [4.78, 5) is 4.70. The Balaban J connectivity index is 0.000000141. The second kappa shape index (κ2) is 31.4. The second-order valence-electron chi connectivity index (χ2n) is 34.0. The van der Waals surface area contributed by atoms with E-state index >= 15 is 0 Å². The molecule has 3 heterocycles. The van der Waals surface area contributed by atoms with Gasteiger partial charge >= 0.3 is 0 Å². The van der Waals surface area contributed by atoms with Gasteiger partial charge in [-0.1, -0.05) is 358 Å². The Morgan fingerprint density at radius 1 is 0.191 bits per heavy atom. The molecule has 0 N–H and O–H groups in total. The molecular weight excluding hydrogens is 1600 g/mol. The van der Waals surface area contributed by atoms with Gasteiger partial charge < -0.3 is 33.3 Å². The van der Waals surface area contributed by atoms with Crippen molar-refractivity contribution < 1.29 is 18.9 Å². The predicted octanol–water partition coefficient (Wildman–Crippen LogP) is 33.2. The maximum Gasteiger partial charge on any atom is 0.178 e. The monoisotopic (exact) mass is 1680 g/mol. The standard InChI is InChI=1S/C63H41NO2.C61H40N2O2/c1-2-13-42(14-3-1)44-27-34-50(35-28-44)64(52-36-29-43-15-4-5-17-47(43)41-52)51-37-32-49(33-38-51)63(48-30-25-46(26-31-48)54-21-12-18-45-16-6-7-19-53(45)54)56-22-9-8-20-55(56)61-57(63)39-40-60-62(61)66-59-24-11-10-23-58(59)65-60;1-3-15-41(16-4-1)42-27-33-46(34-28-42)62(45-17-5-2-6-18-45)47-35-29-43(30-36-47)61(44-31-37-48(38-32-44)63-54-23-11-8-19-49(54)50-20-9-12-24-55(50)63)52-22-10-7-21-51(52)59-53(61)39-40-58-60(59)65-57-26-14-13-25-56(57)64-58/h1-41H;1-40H. The highest BCUT2D eigenvalue weighted by Gasteiger charge is 2.51. The number of hydrogen-bond donors (Lipinski definition) is 0. The van der Waals surface area contributed by atoms with Crippen LogP contribution in [0.1, 0.15) is 44.5 Å². The Bertz CT molecular complexity index is 8120. The summed E-state index contributed by atoms with van der Waals surface area (Å²) in [5.74, 6) is 5.75. The summed E-state index contributed by atoms with van der Waals surface area (Å²) in [5, 5.41) is 7.36. The van der Waals surface area contributed by atoms with Crippen LogP contribution < -0.4 is 28.7 Å². The maximum absolute atomic E-state index is 6.84. The number of rotatable bonds is 14. The van der Waals surface area contributed by atoms with Gasteiger partial charge in [0.15, 0.2) is 46.0 Å². The van der Waals surface area contributed by atoms with Crippen LogP contribution in [0, 0.1) is 0 Å². The van der Waals surface area contributed by atoms with E-state index in [0.717, 1.165) is 101 Å². The molecule has 0 saturated carbocycles. The van der Waals surface area contributed by atoms with Gasteiger partial charge in [0, 0.05) is 61.7 Å². The van der Waals surface area contributed by atoms with Crippen molar-refractivity contribution in [2.24, 2.45) is 0 Å². The molecule has 0 fully saturated rings. The molecule has 2 aliphatic heterocycles. The molecule has 0 spiro atoms. The highest BCUT2D eigenvalue weighted by molar-refractivity contribution is 6.09. The summed E-state index contributed by atoms with van der Waals surface area (Å²) >= 11 is 0. The van der Waals surface area contributed by atoms with Crippen LogP contribution in [0.15, 0.2) is 491 Å².